The maximum atomic E-state index is 12.2. The number of ether oxygens (including phenoxy) is 1. The number of hydrogen-bond acceptors (Lipinski definition) is 4. The number of carbonyl (C=O) groups is 1. The minimum atomic E-state index is -2.74. The van der Waals surface area contributed by atoms with Gasteiger partial charge < -0.3 is 4.74 Å². The third kappa shape index (κ3) is 2.01. The first-order valence-electron chi connectivity index (χ1n) is 3.76. The lowest BCUT2D eigenvalue weighted by molar-refractivity contribution is 0.0590. The van der Waals surface area contributed by atoms with Crippen LogP contribution in [-0.4, -0.2) is 23.0 Å². The summed E-state index contributed by atoms with van der Waals surface area (Å²) in [4.78, 5) is 18.1. The average Bonchev–Trinajstić information content (AvgIpc) is 2.17. The highest BCUT2D eigenvalue weighted by Gasteiger charge is 2.17. The van der Waals surface area contributed by atoms with Crippen molar-refractivity contribution in [2.75, 3.05) is 7.11 Å². The Hall–Kier alpha value is -1.59. The molecule has 1 heterocycles. The summed E-state index contributed by atoms with van der Waals surface area (Å²) in [6.45, 7) is 1.49. The summed E-state index contributed by atoms with van der Waals surface area (Å²) in [6, 6.07) is 0. The molecule has 76 valence electrons. The predicted octanol–water partition coefficient (Wildman–Crippen LogP) is 1.51. The molecule has 0 saturated heterocycles. The first-order chi connectivity index (χ1) is 6.56. The highest BCUT2D eigenvalue weighted by atomic mass is 19.3. The number of esters is 1. The predicted molar refractivity (Wildman–Crippen MR) is 43.1 cm³/mol. The van der Waals surface area contributed by atoms with E-state index in [0.717, 1.165) is 13.3 Å². The third-order valence-electron chi connectivity index (χ3n) is 1.58. The van der Waals surface area contributed by atoms with Crippen molar-refractivity contribution in [3.8, 4) is 0 Å². The zero-order valence-corrected chi connectivity index (χ0v) is 7.62. The largest absolute Gasteiger partial charge is 0.464 e. The average molecular weight is 202 g/mol. The van der Waals surface area contributed by atoms with E-state index in [1.54, 1.807) is 0 Å². The minimum absolute atomic E-state index is 0.176. The number of aromatic nitrogens is 2. The molecule has 14 heavy (non-hydrogen) atoms. The number of methoxy groups -OCH3 is 1. The number of carbonyl (C=O) groups excluding carboxylic acids is 1. The number of nitrogens with zero attached hydrogens (tertiary/aromatic N) is 2. The Labute approximate surface area is 78.9 Å². The van der Waals surface area contributed by atoms with Gasteiger partial charge in [-0.15, -0.1) is 0 Å². The van der Waals surface area contributed by atoms with E-state index in [9.17, 15) is 13.6 Å². The zero-order valence-electron chi connectivity index (χ0n) is 7.62. The Morgan fingerprint density at radius 1 is 1.57 bits per heavy atom. The lowest BCUT2D eigenvalue weighted by Gasteiger charge is -2.04. The maximum Gasteiger partial charge on any atom is 0.358 e. The Morgan fingerprint density at radius 2 is 2.21 bits per heavy atom. The molecule has 0 unspecified atom stereocenters. The van der Waals surface area contributed by atoms with Crippen molar-refractivity contribution in [1.82, 2.24) is 9.97 Å². The van der Waals surface area contributed by atoms with E-state index in [4.69, 9.17) is 0 Å². The van der Waals surface area contributed by atoms with E-state index >= 15 is 0 Å². The molecule has 0 fully saturated rings. The summed E-state index contributed by atoms with van der Waals surface area (Å²) < 4.78 is 28.7. The Bertz CT molecular complexity index is 355. The summed E-state index contributed by atoms with van der Waals surface area (Å²) in [5, 5.41) is 0. The molecular weight excluding hydrogens is 194 g/mol. The fraction of sp³-hybridized carbons (Fsp3) is 0.375. The van der Waals surface area contributed by atoms with Gasteiger partial charge in [-0.2, -0.15) is 0 Å². The zero-order chi connectivity index (χ0) is 10.7. The van der Waals surface area contributed by atoms with Crippen LogP contribution >= 0.6 is 0 Å². The molecule has 1 aromatic heterocycles. The number of rotatable bonds is 2. The molecule has 0 amide bonds. The molecule has 0 saturated carbocycles. The van der Waals surface area contributed by atoms with Crippen LogP contribution in [0.3, 0.4) is 0 Å². The summed E-state index contributed by atoms with van der Waals surface area (Å²) in [5.74, 6) is -0.766. The van der Waals surface area contributed by atoms with E-state index in [2.05, 4.69) is 14.7 Å². The molecule has 1 aromatic rings. The van der Waals surface area contributed by atoms with Crippen molar-refractivity contribution in [3.63, 3.8) is 0 Å². The van der Waals surface area contributed by atoms with E-state index in [1.807, 2.05) is 0 Å². The number of halogens is 2. The van der Waals surface area contributed by atoms with Crippen LogP contribution in [0, 0.1) is 6.92 Å². The van der Waals surface area contributed by atoms with Crippen LogP contribution in [0.5, 0.6) is 0 Å². The van der Waals surface area contributed by atoms with Gasteiger partial charge in [0.15, 0.2) is 5.69 Å². The summed E-state index contributed by atoms with van der Waals surface area (Å²) in [5.41, 5.74) is -0.442. The molecule has 0 radical (unpaired) electrons. The van der Waals surface area contributed by atoms with Crippen LogP contribution in [0.1, 0.15) is 28.3 Å². The first kappa shape index (κ1) is 10.5. The van der Waals surface area contributed by atoms with Crippen LogP contribution in [0.25, 0.3) is 0 Å². The molecule has 1 rings (SSSR count). The van der Waals surface area contributed by atoms with Crippen molar-refractivity contribution in [2.45, 2.75) is 13.3 Å². The van der Waals surface area contributed by atoms with E-state index < -0.39 is 18.1 Å². The summed E-state index contributed by atoms with van der Waals surface area (Å²) in [7, 11) is 1.15. The summed E-state index contributed by atoms with van der Waals surface area (Å²) in [6.07, 6.45) is -1.81. The van der Waals surface area contributed by atoms with Gasteiger partial charge in [0.05, 0.1) is 19.0 Å². The molecule has 0 atom stereocenters. The Balaban J connectivity index is 3.15. The molecule has 0 spiro atoms. The molecule has 0 bridgehead atoms. The molecule has 4 nitrogen and oxygen atoms in total. The van der Waals surface area contributed by atoms with Crippen molar-refractivity contribution in [2.24, 2.45) is 0 Å². The van der Waals surface area contributed by atoms with Gasteiger partial charge in [0, 0.05) is 0 Å². The van der Waals surface area contributed by atoms with Crippen molar-refractivity contribution in [3.05, 3.63) is 23.3 Å². The topological polar surface area (TPSA) is 52.1 Å². The summed E-state index contributed by atoms with van der Waals surface area (Å²) >= 11 is 0. The van der Waals surface area contributed by atoms with Gasteiger partial charge in [-0.3, -0.25) is 4.98 Å². The third-order valence-corrected chi connectivity index (χ3v) is 1.58. The molecule has 0 aliphatic carbocycles. The molecule has 0 aromatic carbocycles. The van der Waals surface area contributed by atoms with Gasteiger partial charge >= 0.3 is 5.97 Å². The van der Waals surface area contributed by atoms with Crippen molar-refractivity contribution < 1.29 is 18.3 Å². The Morgan fingerprint density at radius 3 is 2.71 bits per heavy atom. The molecule has 6 heteroatoms. The fourth-order valence-corrected chi connectivity index (χ4v) is 0.858. The van der Waals surface area contributed by atoms with Crippen molar-refractivity contribution in [1.29, 1.82) is 0 Å². The quantitative estimate of drug-likeness (QED) is 0.682. The van der Waals surface area contributed by atoms with E-state index in [0.29, 0.717) is 0 Å². The van der Waals surface area contributed by atoms with Crippen LogP contribution in [0.2, 0.25) is 0 Å². The molecule has 0 N–H and O–H groups in total. The first-order valence-corrected chi connectivity index (χ1v) is 3.76. The fourth-order valence-electron chi connectivity index (χ4n) is 0.858. The second-order valence-electron chi connectivity index (χ2n) is 2.52. The molecule has 0 aliphatic rings. The highest BCUT2D eigenvalue weighted by Crippen LogP contribution is 2.16. The van der Waals surface area contributed by atoms with Crippen LogP contribution in [0.4, 0.5) is 8.78 Å². The monoisotopic (exact) mass is 202 g/mol. The lowest BCUT2D eigenvalue weighted by atomic mass is 10.3. The Kier molecular flexibility index (Phi) is 3.06. The van der Waals surface area contributed by atoms with Gasteiger partial charge in [0.2, 0.25) is 0 Å². The SMILES string of the molecule is COC(=O)c1nc(C(F)F)cnc1C. The number of hydrogen-bond donors (Lipinski definition) is 0. The van der Waals surface area contributed by atoms with Gasteiger partial charge in [0.25, 0.3) is 6.43 Å². The van der Waals surface area contributed by atoms with Gasteiger partial charge in [-0.25, -0.2) is 18.6 Å². The van der Waals surface area contributed by atoms with E-state index in [1.165, 1.54) is 6.92 Å². The normalized spacial score (nSPS) is 10.4. The smallest absolute Gasteiger partial charge is 0.358 e. The van der Waals surface area contributed by atoms with Gasteiger partial charge in [-0.1, -0.05) is 0 Å². The number of aryl methyl sites for hydroxylation is 1. The van der Waals surface area contributed by atoms with Gasteiger partial charge in [-0.05, 0) is 6.92 Å². The van der Waals surface area contributed by atoms with Gasteiger partial charge in [0.1, 0.15) is 5.69 Å². The highest BCUT2D eigenvalue weighted by molar-refractivity contribution is 5.88. The lowest BCUT2D eigenvalue weighted by Crippen LogP contribution is -2.10. The number of alkyl halides is 2. The second kappa shape index (κ2) is 4.08. The van der Waals surface area contributed by atoms with Crippen LogP contribution in [-0.2, 0) is 4.74 Å². The van der Waals surface area contributed by atoms with Crippen LogP contribution < -0.4 is 0 Å². The minimum Gasteiger partial charge on any atom is -0.464 e. The van der Waals surface area contributed by atoms with Crippen LogP contribution in [0.15, 0.2) is 6.20 Å². The standard InChI is InChI=1S/C8H8F2N2O2/c1-4-6(8(13)14-2)12-5(3-11-4)7(9)10/h3,7H,1-2H3. The second-order valence-corrected chi connectivity index (χ2v) is 2.52. The van der Waals surface area contributed by atoms with E-state index in [-0.39, 0.29) is 11.4 Å². The maximum absolute atomic E-state index is 12.2. The van der Waals surface area contributed by atoms with Crippen molar-refractivity contribution >= 4 is 5.97 Å². The molecular formula is C8H8F2N2O2. The molecule has 0 aliphatic heterocycles.